The lowest BCUT2D eigenvalue weighted by Crippen LogP contribution is -2.30. The summed E-state index contributed by atoms with van der Waals surface area (Å²) in [7, 11) is 0. The Morgan fingerprint density at radius 2 is 1.60 bits per heavy atom. The van der Waals surface area contributed by atoms with Crippen molar-refractivity contribution in [2.24, 2.45) is 17.6 Å². The van der Waals surface area contributed by atoms with E-state index in [-0.39, 0.29) is 6.04 Å². The average Bonchev–Trinajstić information content (AvgIpc) is 2.38. The smallest absolute Gasteiger partial charge is 0.133 e. The predicted molar refractivity (Wildman–Crippen MR) is 88.0 cm³/mol. The van der Waals surface area contributed by atoms with Crippen molar-refractivity contribution in [3.8, 4) is 0 Å². The highest BCUT2D eigenvalue weighted by Crippen LogP contribution is 2.24. The van der Waals surface area contributed by atoms with E-state index in [0.29, 0.717) is 11.8 Å². The Balaban J connectivity index is 2.90. The van der Waals surface area contributed by atoms with E-state index >= 15 is 0 Å². The topological polar surface area (TPSA) is 42.2 Å². The van der Waals surface area contributed by atoms with Crippen LogP contribution in [0.2, 0.25) is 0 Å². The summed E-state index contributed by atoms with van der Waals surface area (Å²) < 4.78 is 0. The van der Waals surface area contributed by atoms with E-state index in [1.807, 2.05) is 19.2 Å². The van der Waals surface area contributed by atoms with Gasteiger partial charge in [-0.15, -0.1) is 0 Å². The molecule has 0 saturated heterocycles. The fraction of sp³-hybridized carbons (Fsp3) is 0.706. The molecule has 2 N–H and O–H groups in total. The van der Waals surface area contributed by atoms with Gasteiger partial charge >= 0.3 is 0 Å². The van der Waals surface area contributed by atoms with Crippen LogP contribution in [0.25, 0.3) is 0 Å². The van der Waals surface area contributed by atoms with Crippen LogP contribution in [0.5, 0.6) is 0 Å². The standard InChI is InChI=1S/C17H31N3/c1-13(2)8-11-20(12-9-14(3)4)17-16(15(5)18)7-6-10-19-17/h6-7,10,13-15H,8-9,11-12,18H2,1-5H3/t15-/m0/s1. The first-order chi connectivity index (χ1) is 9.41. The highest BCUT2D eigenvalue weighted by atomic mass is 15.2. The molecular formula is C17H31N3. The summed E-state index contributed by atoms with van der Waals surface area (Å²) >= 11 is 0. The lowest BCUT2D eigenvalue weighted by Gasteiger charge is -2.28. The van der Waals surface area contributed by atoms with Crippen LogP contribution >= 0.6 is 0 Å². The molecule has 0 spiro atoms. The van der Waals surface area contributed by atoms with Crippen molar-refractivity contribution >= 4 is 5.82 Å². The van der Waals surface area contributed by atoms with Gasteiger partial charge in [0, 0.05) is 30.9 Å². The SMILES string of the molecule is CC(C)CCN(CCC(C)C)c1ncccc1[C@H](C)N. The summed E-state index contributed by atoms with van der Waals surface area (Å²) in [5.74, 6) is 2.49. The molecule has 0 fully saturated rings. The zero-order valence-corrected chi connectivity index (χ0v) is 13.8. The number of hydrogen-bond donors (Lipinski definition) is 1. The first-order valence-corrected chi connectivity index (χ1v) is 7.87. The van der Waals surface area contributed by atoms with Gasteiger partial charge in [0.2, 0.25) is 0 Å². The third-order valence-electron chi connectivity index (χ3n) is 3.56. The minimum atomic E-state index is 0.0271. The van der Waals surface area contributed by atoms with Gasteiger partial charge in [0.05, 0.1) is 0 Å². The molecule has 0 bridgehead atoms. The summed E-state index contributed by atoms with van der Waals surface area (Å²) in [6, 6.07) is 4.11. The largest absolute Gasteiger partial charge is 0.356 e. The van der Waals surface area contributed by atoms with E-state index in [0.717, 1.165) is 24.5 Å². The molecule has 0 amide bonds. The quantitative estimate of drug-likeness (QED) is 0.781. The molecule has 1 rings (SSSR count). The van der Waals surface area contributed by atoms with Crippen molar-refractivity contribution in [1.82, 2.24) is 4.98 Å². The first kappa shape index (κ1) is 17.0. The highest BCUT2D eigenvalue weighted by Gasteiger charge is 2.15. The number of rotatable bonds is 8. The van der Waals surface area contributed by atoms with Gasteiger partial charge in [-0.2, -0.15) is 0 Å². The molecule has 1 heterocycles. The van der Waals surface area contributed by atoms with Gasteiger partial charge in [0.15, 0.2) is 0 Å². The van der Waals surface area contributed by atoms with Crippen LogP contribution in [0.4, 0.5) is 5.82 Å². The summed E-state index contributed by atoms with van der Waals surface area (Å²) in [4.78, 5) is 7.02. The normalized spacial score (nSPS) is 13.0. The molecule has 0 saturated carbocycles. The average molecular weight is 277 g/mol. The van der Waals surface area contributed by atoms with Gasteiger partial charge in [0.1, 0.15) is 5.82 Å². The van der Waals surface area contributed by atoms with Crippen LogP contribution in [0, 0.1) is 11.8 Å². The van der Waals surface area contributed by atoms with E-state index in [1.54, 1.807) is 0 Å². The highest BCUT2D eigenvalue weighted by molar-refractivity contribution is 5.48. The summed E-state index contributed by atoms with van der Waals surface area (Å²) in [5, 5.41) is 0. The number of nitrogens with two attached hydrogens (primary N) is 1. The Bertz CT molecular complexity index is 374. The molecule has 0 aromatic carbocycles. The Kier molecular flexibility index (Phi) is 7.00. The second kappa shape index (κ2) is 8.25. The van der Waals surface area contributed by atoms with Gasteiger partial charge in [-0.05, 0) is 37.7 Å². The van der Waals surface area contributed by atoms with Crippen molar-refractivity contribution in [3.05, 3.63) is 23.9 Å². The summed E-state index contributed by atoms with van der Waals surface area (Å²) in [6.07, 6.45) is 4.25. The maximum absolute atomic E-state index is 6.10. The lowest BCUT2D eigenvalue weighted by molar-refractivity contribution is 0.531. The van der Waals surface area contributed by atoms with Crippen molar-refractivity contribution < 1.29 is 0 Å². The number of hydrogen-bond acceptors (Lipinski definition) is 3. The second-order valence-electron chi connectivity index (χ2n) is 6.56. The second-order valence-corrected chi connectivity index (χ2v) is 6.56. The fourth-order valence-electron chi connectivity index (χ4n) is 2.18. The van der Waals surface area contributed by atoms with Crippen molar-refractivity contribution in [3.63, 3.8) is 0 Å². The van der Waals surface area contributed by atoms with Gasteiger partial charge in [-0.3, -0.25) is 0 Å². The minimum absolute atomic E-state index is 0.0271. The summed E-state index contributed by atoms with van der Waals surface area (Å²) in [6.45, 7) is 13.2. The molecule has 0 aliphatic heterocycles. The maximum Gasteiger partial charge on any atom is 0.133 e. The lowest BCUT2D eigenvalue weighted by atomic mass is 10.1. The molecule has 114 valence electrons. The van der Waals surface area contributed by atoms with E-state index in [2.05, 4.69) is 43.6 Å². The van der Waals surface area contributed by atoms with E-state index in [9.17, 15) is 0 Å². The summed E-state index contributed by atoms with van der Waals surface area (Å²) in [5.41, 5.74) is 7.25. The van der Waals surface area contributed by atoms with Gasteiger partial charge in [-0.1, -0.05) is 33.8 Å². The zero-order valence-electron chi connectivity index (χ0n) is 13.8. The number of pyridine rings is 1. The Labute approximate surface area is 124 Å². The van der Waals surface area contributed by atoms with Gasteiger partial charge < -0.3 is 10.6 Å². The molecule has 0 unspecified atom stereocenters. The van der Waals surface area contributed by atoms with E-state index in [4.69, 9.17) is 5.73 Å². The first-order valence-electron chi connectivity index (χ1n) is 7.87. The predicted octanol–water partition coefficient (Wildman–Crippen LogP) is 4.00. The molecule has 0 radical (unpaired) electrons. The van der Waals surface area contributed by atoms with Crippen LogP contribution in [0.3, 0.4) is 0 Å². The Morgan fingerprint density at radius 1 is 1.05 bits per heavy atom. The zero-order chi connectivity index (χ0) is 15.1. The Hall–Kier alpha value is -1.09. The molecule has 0 aliphatic rings. The maximum atomic E-state index is 6.10. The van der Waals surface area contributed by atoms with E-state index in [1.165, 1.54) is 12.8 Å². The van der Waals surface area contributed by atoms with Crippen LogP contribution in [0.1, 0.15) is 59.1 Å². The number of anilines is 1. The molecule has 3 heteroatoms. The molecule has 1 atom stereocenters. The van der Waals surface area contributed by atoms with E-state index < -0.39 is 0 Å². The van der Waals surface area contributed by atoms with Crippen molar-refractivity contribution in [2.45, 2.75) is 53.5 Å². The third kappa shape index (κ3) is 5.49. The van der Waals surface area contributed by atoms with Gasteiger partial charge in [0.25, 0.3) is 0 Å². The molecule has 3 nitrogen and oxygen atoms in total. The third-order valence-corrected chi connectivity index (χ3v) is 3.56. The molecule has 20 heavy (non-hydrogen) atoms. The number of nitrogens with zero attached hydrogens (tertiary/aromatic N) is 2. The Morgan fingerprint density at radius 3 is 2.05 bits per heavy atom. The monoisotopic (exact) mass is 277 g/mol. The van der Waals surface area contributed by atoms with Crippen LogP contribution in [-0.2, 0) is 0 Å². The molecule has 1 aromatic heterocycles. The van der Waals surface area contributed by atoms with Gasteiger partial charge in [-0.25, -0.2) is 4.98 Å². The van der Waals surface area contributed by atoms with Crippen LogP contribution in [-0.4, -0.2) is 18.1 Å². The molecular weight excluding hydrogens is 246 g/mol. The minimum Gasteiger partial charge on any atom is -0.356 e. The fourth-order valence-corrected chi connectivity index (χ4v) is 2.18. The van der Waals surface area contributed by atoms with Crippen LogP contribution in [0.15, 0.2) is 18.3 Å². The molecule has 1 aromatic rings. The van der Waals surface area contributed by atoms with Crippen molar-refractivity contribution in [2.75, 3.05) is 18.0 Å². The van der Waals surface area contributed by atoms with Crippen LogP contribution < -0.4 is 10.6 Å². The van der Waals surface area contributed by atoms with Crippen molar-refractivity contribution in [1.29, 1.82) is 0 Å². The molecule has 0 aliphatic carbocycles. The number of aromatic nitrogens is 1.